The minimum Gasteiger partial charge on any atom is -0.467 e. The van der Waals surface area contributed by atoms with Crippen LogP contribution in [0.25, 0.3) is 0 Å². The second kappa shape index (κ2) is 4.23. The highest BCUT2D eigenvalue weighted by Gasteiger charge is 2.32. The Morgan fingerprint density at radius 1 is 1.67 bits per heavy atom. The average Bonchev–Trinajstić information content (AvgIpc) is 2.94. The minimum atomic E-state index is 0.339. The number of nitrogens with one attached hydrogen (secondary N) is 1. The molecule has 0 radical (unpaired) electrons. The Morgan fingerprint density at radius 3 is 3.00 bits per heavy atom. The molecule has 2 unspecified atom stereocenters. The number of methoxy groups -OCH3 is 1. The van der Waals surface area contributed by atoms with E-state index in [1.807, 2.05) is 0 Å². The van der Waals surface area contributed by atoms with E-state index >= 15 is 0 Å². The third kappa shape index (κ3) is 2.50. The molecule has 82 valence electrons. The Labute approximate surface area is 94.0 Å². The Morgan fingerprint density at radius 2 is 2.40 bits per heavy atom. The molecule has 15 heavy (non-hydrogen) atoms. The lowest BCUT2D eigenvalue weighted by molar-refractivity contribution is 0.380. The van der Waals surface area contributed by atoms with Crippen molar-refractivity contribution in [1.29, 1.82) is 0 Å². The third-order valence-corrected chi connectivity index (χ3v) is 2.99. The van der Waals surface area contributed by atoms with Crippen LogP contribution < -0.4 is 10.1 Å². The molecule has 2 atom stereocenters. The number of halogens is 1. The maximum atomic E-state index is 5.95. The number of anilines is 1. The number of nitrogens with zero attached hydrogens (tertiary/aromatic N) is 2. The molecule has 1 aliphatic rings. The van der Waals surface area contributed by atoms with Gasteiger partial charge in [0.05, 0.1) is 13.3 Å². The van der Waals surface area contributed by atoms with Crippen molar-refractivity contribution in [2.45, 2.75) is 13.3 Å². The zero-order valence-corrected chi connectivity index (χ0v) is 9.58. The monoisotopic (exact) mass is 227 g/mol. The molecular weight excluding hydrogens is 214 g/mol. The van der Waals surface area contributed by atoms with Gasteiger partial charge in [-0.1, -0.05) is 18.5 Å². The highest BCUT2D eigenvalue weighted by Crippen LogP contribution is 2.37. The van der Waals surface area contributed by atoms with Gasteiger partial charge in [0.15, 0.2) is 5.82 Å². The van der Waals surface area contributed by atoms with Gasteiger partial charge in [-0.05, 0) is 18.3 Å². The fourth-order valence-electron chi connectivity index (χ4n) is 1.48. The first kappa shape index (κ1) is 10.5. The highest BCUT2D eigenvalue weighted by molar-refractivity contribution is 6.32. The van der Waals surface area contributed by atoms with E-state index in [-0.39, 0.29) is 0 Å². The standard InChI is InChI=1S/C10H14ClN3O/c1-6-3-7(6)4-12-9-8(11)5-13-10(14-9)15-2/h5-7H,3-4H2,1-2H3,(H,12,13,14). The van der Waals surface area contributed by atoms with Crippen LogP contribution in [0, 0.1) is 11.8 Å². The number of hydrogen-bond acceptors (Lipinski definition) is 4. The normalized spacial score (nSPS) is 23.7. The lowest BCUT2D eigenvalue weighted by atomic mass is 10.3. The quantitative estimate of drug-likeness (QED) is 0.857. The summed E-state index contributed by atoms with van der Waals surface area (Å²) in [6.07, 6.45) is 2.83. The zero-order valence-electron chi connectivity index (χ0n) is 8.83. The molecule has 1 aromatic rings. The molecule has 0 spiro atoms. The van der Waals surface area contributed by atoms with Crippen LogP contribution >= 0.6 is 11.6 Å². The van der Waals surface area contributed by atoms with Gasteiger partial charge in [-0.25, -0.2) is 4.98 Å². The van der Waals surface area contributed by atoms with Crippen molar-refractivity contribution in [2.24, 2.45) is 11.8 Å². The molecule has 4 nitrogen and oxygen atoms in total. The van der Waals surface area contributed by atoms with Gasteiger partial charge in [-0.3, -0.25) is 0 Å². The van der Waals surface area contributed by atoms with Crippen LogP contribution in [0.4, 0.5) is 5.82 Å². The largest absolute Gasteiger partial charge is 0.467 e. The molecular formula is C10H14ClN3O. The van der Waals surface area contributed by atoms with Crippen molar-refractivity contribution >= 4 is 17.4 Å². The lowest BCUT2D eigenvalue weighted by Gasteiger charge is -2.07. The molecule has 1 aromatic heterocycles. The summed E-state index contributed by atoms with van der Waals surface area (Å²) in [5.74, 6) is 2.23. The molecule has 1 saturated carbocycles. The summed E-state index contributed by atoms with van der Waals surface area (Å²) in [7, 11) is 1.54. The molecule has 0 aliphatic heterocycles. The highest BCUT2D eigenvalue weighted by atomic mass is 35.5. The van der Waals surface area contributed by atoms with E-state index in [9.17, 15) is 0 Å². The van der Waals surface area contributed by atoms with Crippen LogP contribution in [0.3, 0.4) is 0 Å². The van der Waals surface area contributed by atoms with Crippen molar-refractivity contribution < 1.29 is 4.74 Å². The summed E-state index contributed by atoms with van der Waals surface area (Å²) < 4.78 is 4.93. The smallest absolute Gasteiger partial charge is 0.318 e. The van der Waals surface area contributed by atoms with E-state index in [4.69, 9.17) is 16.3 Å². The molecule has 1 fully saturated rings. The number of aromatic nitrogens is 2. The Bertz CT molecular complexity index is 359. The van der Waals surface area contributed by atoms with Crippen LogP contribution in [0.1, 0.15) is 13.3 Å². The van der Waals surface area contributed by atoms with Gasteiger partial charge in [0.1, 0.15) is 5.02 Å². The molecule has 0 aromatic carbocycles. The maximum absolute atomic E-state index is 5.95. The number of hydrogen-bond donors (Lipinski definition) is 1. The predicted octanol–water partition coefficient (Wildman–Crippen LogP) is 2.21. The third-order valence-electron chi connectivity index (χ3n) is 2.71. The minimum absolute atomic E-state index is 0.339. The van der Waals surface area contributed by atoms with E-state index in [0.717, 1.165) is 18.4 Å². The molecule has 0 amide bonds. The summed E-state index contributed by atoms with van der Waals surface area (Å²) in [5.41, 5.74) is 0. The number of rotatable bonds is 4. The summed E-state index contributed by atoms with van der Waals surface area (Å²) in [6, 6.07) is 0.339. The fraction of sp³-hybridized carbons (Fsp3) is 0.600. The van der Waals surface area contributed by atoms with E-state index < -0.39 is 0 Å². The molecule has 1 heterocycles. The van der Waals surface area contributed by atoms with Crippen LogP contribution in [-0.4, -0.2) is 23.6 Å². The maximum Gasteiger partial charge on any atom is 0.318 e. The second-order valence-electron chi connectivity index (χ2n) is 3.91. The molecule has 1 aliphatic carbocycles. The molecule has 5 heteroatoms. The topological polar surface area (TPSA) is 47.0 Å². The van der Waals surface area contributed by atoms with Gasteiger partial charge < -0.3 is 10.1 Å². The number of ether oxygens (including phenoxy) is 1. The zero-order chi connectivity index (χ0) is 10.8. The summed E-state index contributed by atoms with van der Waals surface area (Å²) in [5, 5.41) is 3.75. The van der Waals surface area contributed by atoms with Crippen molar-refractivity contribution in [2.75, 3.05) is 19.0 Å². The first-order valence-electron chi connectivity index (χ1n) is 5.01. The fourth-order valence-corrected chi connectivity index (χ4v) is 1.64. The van der Waals surface area contributed by atoms with Gasteiger partial charge in [0, 0.05) is 6.54 Å². The van der Waals surface area contributed by atoms with Crippen LogP contribution in [0.2, 0.25) is 5.02 Å². The van der Waals surface area contributed by atoms with Crippen LogP contribution in [-0.2, 0) is 0 Å². The van der Waals surface area contributed by atoms with E-state index in [1.54, 1.807) is 6.20 Å². The summed E-state index contributed by atoms with van der Waals surface area (Å²) in [6.45, 7) is 3.16. The van der Waals surface area contributed by atoms with E-state index in [0.29, 0.717) is 16.9 Å². The molecule has 2 rings (SSSR count). The van der Waals surface area contributed by atoms with Crippen LogP contribution in [0.5, 0.6) is 6.01 Å². The lowest BCUT2D eigenvalue weighted by Crippen LogP contribution is -2.07. The second-order valence-corrected chi connectivity index (χ2v) is 4.31. The average molecular weight is 228 g/mol. The Hall–Kier alpha value is -1.03. The molecule has 0 bridgehead atoms. The van der Waals surface area contributed by atoms with Gasteiger partial charge in [-0.2, -0.15) is 4.98 Å². The Balaban J connectivity index is 1.99. The Kier molecular flexibility index (Phi) is 2.95. The van der Waals surface area contributed by atoms with Crippen molar-refractivity contribution in [3.63, 3.8) is 0 Å². The van der Waals surface area contributed by atoms with Gasteiger partial charge in [0.2, 0.25) is 0 Å². The van der Waals surface area contributed by atoms with Crippen molar-refractivity contribution in [3.05, 3.63) is 11.2 Å². The van der Waals surface area contributed by atoms with E-state index in [1.165, 1.54) is 13.5 Å². The molecule has 1 N–H and O–H groups in total. The van der Waals surface area contributed by atoms with Gasteiger partial charge in [0.25, 0.3) is 0 Å². The van der Waals surface area contributed by atoms with E-state index in [2.05, 4.69) is 22.2 Å². The summed E-state index contributed by atoms with van der Waals surface area (Å²) >= 11 is 5.95. The van der Waals surface area contributed by atoms with Gasteiger partial charge >= 0.3 is 6.01 Å². The molecule has 0 saturated heterocycles. The van der Waals surface area contributed by atoms with Gasteiger partial charge in [-0.15, -0.1) is 0 Å². The van der Waals surface area contributed by atoms with Crippen molar-refractivity contribution in [3.8, 4) is 6.01 Å². The summed E-state index contributed by atoms with van der Waals surface area (Å²) in [4.78, 5) is 8.05. The van der Waals surface area contributed by atoms with Crippen molar-refractivity contribution in [1.82, 2.24) is 9.97 Å². The van der Waals surface area contributed by atoms with Crippen LogP contribution in [0.15, 0.2) is 6.20 Å². The SMILES string of the molecule is COc1ncc(Cl)c(NCC2CC2C)n1. The predicted molar refractivity (Wildman–Crippen MR) is 59.4 cm³/mol. The first-order chi connectivity index (χ1) is 7.20. The first-order valence-corrected chi connectivity index (χ1v) is 5.39.